The third-order valence-corrected chi connectivity index (χ3v) is 18.6. The molecule has 0 unspecified atom stereocenters. The number of nitrogen functional groups attached to an aromatic ring is 1. The number of benzene rings is 2. The van der Waals surface area contributed by atoms with Crippen LogP contribution < -0.4 is 20.9 Å². The number of aliphatic hydroxyl groups is 1. The number of nitrogens with zero attached hydrogens (tertiary/aromatic N) is 9. The topological polar surface area (TPSA) is 212 Å². The number of morpholine rings is 1. The summed E-state index contributed by atoms with van der Waals surface area (Å²) >= 11 is 1.60. The van der Waals surface area contributed by atoms with Crippen LogP contribution in [0, 0.1) is 18.8 Å². The normalized spacial score (nSPS) is 24.6. The molecule has 3 aromatic heterocycles. The summed E-state index contributed by atoms with van der Waals surface area (Å²) in [5.41, 5.74) is 13.2. The molecule has 0 bridgehead atoms. The highest BCUT2D eigenvalue weighted by Crippen LogP contribution is 2.40. The highest BCUT2D eigenvalue weighted by Gasteiger charge is 2.45. The highest BCUT2D eigenvalue weighted by molar-refractivity contribution is 7.13. The molecule has 1 saturated carbocycles. The van der Waals surface area contributed by atoms with E-state index in [4.69, 9.17) is 19.7 Å². The molecule has 19 heteroatoms. The van der Waals surface area contributed by atoms with Gasteiger partial charge < -0.3 is 54.9 Å². The van der Waals surface area contributed by atoms with Crippen LogP contribution in [0.5, 0.6) is 5.75 Å². The molecule has 6 fully saturated rings. The molecule has 1 spiro atoms. The number of amides is 2. The Kier molecular flexibility index (Phi) is 15.9. The van der Waals surface area contributed by atoms with E-state index in [0.29, 0.717) is 34.7 Å². The van der Waals surface area contributed by atoms with Gasteiger partial charge in [0.15, 0.2) is 17.4 Å². The fourth-order valence-corrected chi connectivity index (χ4v) is 13.9. The van der Waals surface area contributed by atoms with Crippen LogP contribution in [0.3, 0.4) is 0 Å². The standard InChI is InChI=1S/C58H77N11O7S/c1-36(2)53(57(73)69-33-43(70)29-49(69)56(72)61-37(3)40-9-11-41(12-10-40)54-38(4)60-35-77-54)51-31-52(64-76-51)68-21-15-45(16-22-68)75-44-13-19-66(20-14-44)42-27-39(28-42)32-65-25-26-74-58(34-65)17-23-67(24-18-58)48-30-47(62-63-55(48)59)46-7-5-6-8-50(46)71/h5-12,30-31,35-37,39,42-45,49,53,70-71H,13-29,32-34H2,1-4H3,(H2,59,63)(H,61,72)/t37-,39-,42-,43+,49-,53+/m0/s1. The lowest BCUT2D eigenvalue weighted by atomic mass is 9.77. The Labute approximate surface area is 456 Å². The quantitative estimate of drug-likeness (QED) is 0.0829. The number of carbonyl (C=O) groups is 2. The summed E-state index contributed by atoms with van der Waals surface area (Å²) in [4.78, 5) is 45.1. The van der Waals surface area contributed by atoms with Crippen LogP contribution in [0.4, 0.5) is 17.3 Å². The summed E-state index contributed by atoms with van der Waals surface area (Å²) in [6.45, 7) is 17.2. The number of aromatic nitrogens is 4. The minimum atomic E-state index is -0.802. The molecule has 77 heavy (non-hydrogen) atoms. The molecule has 5 aromatic rings. The van der Waals surface area contributed by atoms with E-state index in [1.807, 2.05) is 81.7 Å². The molecule has 5 N–H and O–H groups in total. The fraction of sp³-hybridized carbons (Fsp3) is 0.586. The molecule has 6 aliphatic rings. The molecule has 2 amide bonds. The molecule has 2 aromatic carbocycles. The Morgan fingerprint density at radius 1 is 0.909 bits per heavy atom. The number of anilines is 3. The second-order valence-electron chi connectivity index (χ2n) is 23.1. The highest BCUT2D eigenvalue weighted by atomic mass is 32.1. The molecule has 1 aliphatic carbocycles. The molecule has 8 heterocycles. The lowest BCUT2D eigenvalue weighted by Crippen LogP contribution is -2.59. The van der Waals surface area contributed by atoms with Gasteiger partial charge in [-0.05, 0) is 106 Å². The number of likely N-dealkylation sites (tertiary alicyclic amines) is 2. The number of phenolic OH excluding ortho intramolecular Hbond substituents is 1. The number of rotatable bonds is 15. The first kappa shape index (κ1) is 53.3. The summed E-state index contributed by atoms with van der Waals surface area (Å²) < 4.78 is 19.3. The van der Waals surface area contributed by atoms with Crippen molar-refractivity contribution in [3.63, 3.8) is 0 Å². The van der Waals surface area contributed by atoms with Crippen LogP contribution in [-0.4, -0.2) is 165 Å². The Hall–Kier alpha value is -5.70. The number of aromatic hydroxyl groups is 1. The van der Waals surface area contributed by atoms with Crippen molar-refractivity contribution in [2.75, 3.05) is 87.6 Å². The minimum Gasteiger partial charge on any atom is -0.507 e. The van der Waals surface area contributed by atoms with Gasteiger partial charge in [-0.15, -0.1) is 21.5 Å². The van der Waals surface area contributed by atoms with E-state index in [0.717, 1.165) is 137 Å². The maximum absolute atomic E-state index is 14.4. The number of nitrogens with one attached hydrogen (secondary N) is 1. The van der Waals surface area contributed by atoms with E-state index >= 15 is 0 Å². The number of ether oxygens (including phenoxy) is 2. The molecule has 11 rings (SSSR count). The van der Waals surface area contributed by atoms with E-state index in [1.54, 1.807) is 23.5 Å². The van der Waals surface area contributed by atoms with E-state index in [2.05, 4.69) is 45.3 Å². The summed E-state index contributed by atoms with van der Waals surface area (Å²) in [5.74, 6) is 1.17. The van der Waals surface area contributed by atoms with Gasteiger partial charge >= 0.3 is 0 Å². The Bertz CT molecular complexity index is 2820. The number of piperidine rings is 3. The van der Waals surface area contributed by atoms with Crippen LogP contribution in [0.1, 0.15) is 108 Å². The second kappa shape index (κ2) is 22.9. The van der Waals surface area contributed by atoms with Gasteiger partial charge in [-0.3, -0.25) is 14.5 Å². The number of para-hydroxylation sites is 1. The molecule has 5 aliphatic heterocycles. The van der Waals surface area contributed by atoms with Gasteiger partial charge in [-0.2, -0.15) is 0 Å². The Morgan fingerprint density at radius 2 is 1.64 bits per heavy atom. The summed E-state index contributed by atoms with van der Waals surface area (Å²) in [5, 5.41) is 37.3. The zero-order chi connectivity index (χ0) is 53.4. The first-order valence-electron chi connectivity index (χ1n) is 28.2. The number of aryl methyl sites for hydroxylation is 1. The van der Waals surface area contributed by atoms with Crippen molar-refractivity contribution in [1.29, 1.82) is 0 Å². The number of β-amino-alcohol motifs (C(OH)–C–C–N with tert-alkyl or cyclic N) is 1. The Morgan fingerprint density at radius 3 is 2.34 bits per heavy atom. The Balaban J connectivity index is 0.597. The third-order valence-electron chi connectivity index (χ3n) is 17.6. The molecule has 4 atom stereocenters. The van der Waals surface area contributed by atoms with Crippen LogP contribution >= 0.6 is 11.3 Å². The molecule has 5 saturated heterocycles. The summed E-state index contributed by atoms with van der Waals surface area (Å²) in [7, 11) is 0. The molecular weight excluding hydrogens is 995 g/mol. The van der Waals surface area contributed by atoms with Crippen molar-refractivity contribution in [1.82, 2.24) is 40.4 Å². The fourth-order valence-electron chi connectivity index (χ4n) is 13.1. The second-order valence-corrected chi connectivity index (χ2v) is 24.0. The van der Waals surface area contributed by atoms with Gasteiger partial charge in [0.25, 0.3) is 0 Å². The number of nitrogens with two attached hydrogens (primary N) is 1. The van der Waals surface area contributed by atoms with Gasteiger partial charge in [0.2, 0.25) is 11.8 Å². The van der Waals surface area contributed by atoms with E-state index in [-0.39, 0.29) is 60.3 Å². The van der Waals surface area contributed by atoms with Gasteiger partial charge in [0.05, 0.1) is 64.0 Å². The SMILES string of the molecule is Cc1ncsc1-c1ccc([C@H](C)NC(=O)[C@@H]2C[C@@H](O)CN2C(=O)[C@@H](c2cc(N3CCC(OC4CCN([C@H]5C[C@H](CN6CCOC7(CCN(c8cc(-c9ccccc9O)nnc8N)CC7)C6)C5)CC4)CC3)no2)C(C)C)cc1. The number of hydrogen-bond acceptors (Lipinski definition) is 17. The van der Waals surface area contributed by atoms with Crippen LogP contribution in [0.25, 0.3) is 21.7 Å². The smallest absolute Gasteiger partial charge is 0.243 e. The number of aliphatic hydroxyl groups excluding tert-OH is 1. The molecular formula is C58H77N11O7S. The lowest BCUT2D eigenvalue weighted by molar-refractivity contribution is -0.141. The first-order valence-corrected chi connectivity index (χ1v) is 29.1. The summed E-state index contributed by atoms with van der Waals surface area (Å²) in [6, 6.07) is 18.7. The molecule has 0 radical (unpaired) electrons. The number of carbonyl (C=O) groups excluding carboxylic acids is 2. The van der Waals surface area contributed by atoms with Crippen molar-refractivity contribution >= 4 is 40.5 Å². The van der Waals surface area contributed by atoms with Crippen molar-refractivity contribution in [3.8, 4) is 27.4 Å². The van der Waals surface area contributed by atoms with Gasteiger partial charge in [0, 0.05) is 89.5 Å². The maximum Gasteiger partial charge on any atom is 0.243 e. The monoisotopic (exact) mass is 1070 g/mol. The van der Waals surface area contributed by atoms with Gasteiger partial charge in [-0.1, -0.05) is 55.4 Å². The number of hydrogen-bond donors (Lipinski definition) is 4. The van der Waals surface area contributed by atoms with E-state index in [9.17, 15) is 19.8 Å². The molecule has 412 valence electrons. The maximum atomic E-state index is 14.4. The van der Waals surface area contributed by atoms with E-state index < -0.39 is 18.1 Å². The van der Waals surface area contributed by atoms with Crippen molar-refractivity contribution < 1.29 is 33.8 Å². The van der Waals surface area contributed by atoms with Crippen LogP contribution in [0.2, 0.25) is 0 Å². The number of phenols is 1. The van der Waals surface area contributed by atoms with Crippen molar-refractivity contribution in [2.24, 2.45) is 11.8 Å². The van der Waals surface area contributed by atoms with Crippen molar-refractivity contribution in [3.05, 3.63) is 83.2 Å². The lowest BCUT2D eigenvalue weighted by Gasteiger charge is -2.51. The van der Waals surface area contributed by atoms with Crippen molar-refractivity contribution in [2.45, 2.75) is 133 Å². The largest absolute Gasteiger partial charge is 0.507 e. The number of thiazole rings is 1. The molecule has 18 nitrogen and oxygen atoms in total. The third kappa shape index (κ3) is 11.7. The zero-order valence-corrected chi connectivity index (χ0v) is 46.0. The summed E-state index contributed by atoms with van der Waals surface area (Å²) in [6.07, 6.45) is 8.15. The first-order chi connectivity index (χ1) is 37.3. The predicted octanol–water partition coefficient (Wildman–Crippen LogP) is 7.03. The average Bonchev–Trinajstić information content (AvgIpc) is 4.22. The zero-order valence-electron chi connectivity index (χ0n) is 45.1. The van der Waals surface area contributed by atoms with Crippen LogP contribution in [-0.2, 0) is 19.1 Å². The minimum absolute atomic E-state index is 0.0839. The van der Waals surface area contributed by atoms with Gasteiger partial charge in [0.1, 0.15) is 17.7 Å². The predicted molar refractivity (Wildman–Crippen MR) is 297 cm³/mol. The van der Waals surface area contributed by atoms with E-state index in [1.165, 1.54) is 17.7 Å². The van der Waals surface area contributed by atoms with Gasteiger partial charge in [-0.25, -0.2) is 4.98 Å². The average molecular weight is 1070 g/mol. The van der Waals surface area contributed by atoms with Crippen LogP contribution in [0.15, 0.2) is 70.7 Å².